The van der Waals surface area contributed by atoms with Gasteiger partial charge in [0, 0.05) is 38.9 Å². The summed E-state index contributed by atoms with van der Waals surface area (Å²) in [6.07, 6.45) is 14.2. The average molecular weight is 627 g/mol. The minimum absolute atomic E-state index is 0.0766. The van der Waals surface area contributed by atoms with E-state index in [4.69, 9.17) is 12.8 Å². The van der Waals surface area contributed by atoms with E-state index in [1.807, 2.05) is 30.3 Å². The molecule has 9 nitrogen and oxygen atoms in total. The Kier molecular flexibility index (Phi) is 16.6. The molecule has 0 bridgehead atoms. The number of rotatable bonds is 18. The van der Waals surface area contributed by atoms with Crippen LogP contribution in [0.4, 0.5) is 4.39 Å². The second-order valence-corrected chi connectivity index (χ2v) is 12.4. The van der Waals surface area contributed by atoms with Gasteiger partial charge in [0.25, 0.3) is 0 Å². The van der Waals surface area contributed by atoms with Crippen molar-refractivity contribution in [2.45, 2.75) is 89.0 Å². The van der Waals surface area contributed by atoms with Gasteiger partial charge in [-0.3, -0.25) is 19.3 Å². The van der Waals surface area contributed by atoms with E-state index in [1.165, 1.54) is 9.80 Å². The highest BCUT2D eigenvalue weighted by atomic mass is 19.1. The van der Waals surface area contributed by atoms with Crippen LogP contribution in [0.25, 0.3) is 0 Å². The molecule has 248 valence electrons. The lowest BCUT2D eigenvalue weighted by Crippen LogP contribution is -2.57. The number of benzene rings is 1. The van der Waals surface area contributed by atoms with Gasteiger partial charge in [-0.25, -0.2) is 4.39 Å². The number of aliphatic hydroxyl groups excluding tert-OH is 2. The van der Waals surface area contributed by atoms with E-state index in [9.17, 15) is 29.0 Å². The molecular weight excluding hydrogens is 575 g/mol. The van der Waals surface area contributed by atoms with Crippen molar-refractivity contribution < 1.29 is 29.0 Å². The quantitative estimate of drug-likeness (QED) is 0.147. The Labute approximate surface area is 268 Å². The van der Waals surface area contributed by atoms with Crippen LogP contribution in [0.1, 0.15) is 63.9 Å². The number of terminal acetylenes is 2. The largest absolute Gasteiger partial charge is 0.389 e. The van der Waals surface area contributed by atoms with Crippen LogP contribution in [0.15, 0.2) is 30.3 Å². The molecule has 0 aliphatic heterocycles. The van der Waals surface area contributed by atoms with Gasteiger partial charge >= 0.3 is 0 Å². The minimum Gasteiger partial charge on any atom is -0.389 e. The fourth-order valence-corrected chi connectivity index (χ4v) is 5.66. The van der Waals surface area contributed by atoms with Crippen molar-refractivity contribution in [1.82, 2.24) is 20.4 Å². The van der Waals surface area contributed by atoms with Crippen molar-refractivity contribution in [2.75, 3.05) is 34.0 Å². The minimum atomic E-state index is -1.31. The van der Waals surface area contributed by atoms with Gasteiger partial charge in [0.15, 0.2) is 0 Å². The maximum Gasteiger partial charge on any atom is 0.244 e. The lowest BCUT2D eigenvalue weighted by Gasteiger charge is -2.33. The first-order valence-corrected chi connectivity index (χ1v) is 15.9. The summed E-state index contributed by atoms with van der Waals surface area (Å²) in [6, 6.07) is 7.30. The molecule has 45 heavy (non-hydrogen) atoms. The molecule has 0 spiro atoms. The number of likely N-dealkylation sites (N-methyl/N-ethyl adjacent to an activating group) is 2. The summed E-state index contributed by atoms with van der Waals surface area (Å²) in [5, 5.41) is 27.1. The lowest BCUT2D eigenvalue weighted by molar-refractivity contribution is -0.137. The maximum atomic E-state index is 13.8. The SMILES string of the molecule is C#CC[C@H](O)[C@H](O)[C@H](CC1CCCCC1)NC(=O)[C@@H](NC(=O)[C@@H](CC(=O)N(C)CCN(C)CF)Cc1ccccc1)C(C)C#C. The molecule has 0 radical (unpaired) electrons. The second-order valence-electron chi connectivity index (χ2n) is 12.4. The number of alkyl halides is 1. The highest BCUT2D eigenvalue weighted by molar-refractivity contribution is 5.91. The van der Waals surface area contributed by atoms with Crippen molar-refractivity contribution in [3.8, 4) is 24.7 Å². The van der Waals surface area contributed by atoms with Gasteiger partial charge in [0.1, 0.15) is 18.9 Å². The van der Waals surface area contributed by atoms with Crippen LogP contribution in [-0.2, 0) is 20.8 Å². The Hall–Kier alpha value is -3.44. The monoisotopic (exact) mass is 626 g/mol. The standard InChI is InChI=1S/C35H51FN4O5/c1-6-14-30(41)33(43)29(22-27-17-12-9-13-18-27)37-35(45)32(25(3)7-2)38-34(44)28(21-26-15-10-8-11-16-26)23-31(42)40(5)20-19-39(4)24-36/h1-2,8,10-11,15-16,25,27-30,32-33,41,43H,9,12-14,17-24H2,3-5H3,(H,37,45)(H,38,44)/t25?,28-,29+,30+,32+,33-/m1/s1. The Morgan fingerprint density at radius 1 is 1.02 bits per heavy atom. The van der Waals surface area contributed by atoms with Crippen LogP contribution in [0.2, 0.25) is 0 Å². The number of amides is 3. The summed E-state index contributed by atoms with van der Waals surface area (Å²) in [4.78, 5) is 43.6. The van der Waals surface area contributed by atoms with Crippen molar-refractivity contribution in [3.63, 3.8) is 0 Å². The molecule has 0 heterocycles. The van der Waals surface area contributed by atoms with E-state index in [1.54, 1.807) is 21.0 Å². The fraction of sp³-hybridized carbons (Fsp3) is 0.629. The number of nitrogens with zero attached hydrogens (tertiary/aromatic N) is 2. The van der Waals surface area contributed by atoms with Gasteiger partial charge in [-0.1, -0.05) is 62.4 Å². The van der Waals surface area contributed by atoms with Gasteiger partial charge in [0.2, 0.25) is 17.7 Å². The molecule has 0 aromatic heterocycles. The number of hydrogen-bond acceptors (Lipinski definition) is 6. The van der Waals surface area contributed by atoms with Crippen LogP contribution in [0.3, 0.4) is 0 Å². The predicted octanol–water partition coefficient (Wildman–Crippen LogP) is 2.51. The number of aliphatic hydroxyl groups is 2. The summed E-state index contributed by atoms with van der Waals surface area (Å²) in [6.45, 7) is 1.62. The summed E-state index contributed by atoms with van der Waals surface area (Å²) in [5.41, 5.74) is 0.842. The molecule has 1 aliphatic rings. The third-order valence-corrected chi connectivity index (χ3v) is 8.68. The molecule has 1 saturated carbocycles. The van der Waals surface area contributed by atoms with Crippen molar-refractivity contribution in [1.29, 1.82) is 0 Å². The molecule has 0 saturated heterocycles. The number of carbonyl (C=O) groups excluding carboxylic acids is 3. The molecule has 3 amide bonds. The fourth-order valence-electron chi connectivity index (χ4n) is 5.66. The molecule has 6 atom stereocenters. The lowest BCUT2D eigenvalue weighted by atomic mass is 9.82. The summed E-state index contributed by atoms with van der Waals surface area (Å²) >= 11 is 0. The van der Waals surface area contributed by atoms with E-state index in [-0.39, 0.29) is 37.6 Å². The summed E-state index contributed by atoms with van der Waals surface area (Å²) in [7, 11) is 3.21. The molecule has 1 aliphatic carbocycles. The predicted molar refractivity (Wildman–Crippen MR) is 173 cm³/mol. The van der Waals surface area contributed by atoms with E-state index in [0.717, 1.165) is 37.7 Å². The Morgan fingerprint density at radius 3 is 2.29 bits per heavy atom. The normalized spacial score (nSPS) is 17.5. The van der Waals surface area contributed by atoms with Gasteiger partial charge in [-0.05, 0) is 38.3 Å². The van der Waals surface area contributed by atoms with Gasteiger partial charge in [-0.2, -0.15) is 0 Å². The van der Waals surface area contributed by atoms with Crippen LogP contribution in [0.5, 0.6) is 0 Å². The number of hydrogen-bond donors (Lipinski definition) is 4. The second kappa shape index (κ2) is 19.8. The summed E-state index contributed by atoms with van der Waals surface area (Å²) in [5.74, 6) is 2.22. The van der Waals surface area contributed by atoms with E-state index in [0.29, 0.717) is 13.0 Å². The first-order valence-electron chi connectivity index (χ1n) is 15.9. The van der Waals surface area contributed by atoms with Crippen LogP contribution >= 0.6 is 0 Å². The van der Waals surface area contributed by atoms with Gasteiger partial charge < -0.3 is 25.7 Å². The zero-order chi connectivity index (χ0) is 33.4. The molecule has 1 aromatic rings. The molecule has 10 heteroatoms. The molecule has 1 unspecified atom stereocenters. The van der Waals surface area contributed by atoms with Crippen LogP contribution < -0.4 is 10.6 Å². The third kappa shape index (κ3) is 12.8. The Morgan fingerprint density at radius 2 is 1.69 bits per heavy atom. The van der Waals surface area contributed by atoms with Crippen molar-refractivity contribution >= 4 is 17.7 Å². The van der Waals surface area contributed by atoms with Crippen molar-refractivity contribution in [3.05, 3.63) is 35.9 Å². The zero-order valence-corrected chi connectivity index (χ0v) is 27.0. The Balaban J connectivity index is 2.26. The Bertz CT molecular complexity index is 1150. The van der Waals surface area contributed by atoms with E-state index >= 15 is 0 Å². The van der Waals surface area contributed by atoms with Gasteiger partial charge in [-0.15, -0.1) is 24.7 Å². The smallest absolute Gasteiger partial charge is 0.244 e. The average Bonchev–Trinajstić information content (AvgIpc) is 3.05. The van der Waals surface area contributed by atoms with Crippen molar-refractivity contribution in [2.24, 2.45) is 17.8 Å². The third-order valence-electron chi connectivity index (χ3n) is 8.68. The number of nitrogens with one attached hydrogen (secondary N) is 2. The number of carbonyl (C=O) groups is 3. The first kappa shape index (κ1) is 37.7. The van der Waals surface area contributed by atoms with Crippen LogP contribution in [0, 0.1) is 42.4 Å². The van der Waals surface area contributed by atoms with Gasteiger partial charge in [0.05, 0.1) is 18.1 Å². The molecule has 4 N–H and O–H groups in total. The summed E-state index contributed by atoms with van der Waals surface area (Å²) < 4.78 is 12.9. The van der Waals surface area contributed by atoms with E-state index < -0.39 is 54.7 Å². The molecule has 2 rings (SSSR count). The number of halogens is 1. The highest BCUT2D eigenvalue weighted by Crippen LogP contribution is 2.29. The first-order chi connectivity index (χ1) is 21.5. The van der Waals surface area contributed by atoms with Crippen LogP contribution in [-0.4, -0.2) is 96.0 Å². The highest BCUT2D eigenvalue weighted by Gasteiger charge is 2.35. The molecular formula is C35H51FN4O5. The molecule has 1 aromatic carbocycles. The van der Waals surface area contributed by atoms with E-state index in [2.05, 4.69) is 22.5 Å². The zero-order valence-electron chi connectivity index (χ0n) is 27.0. The molecule has 1 fully saturated rings. The maximum absolute atomic E-state index is 13.8. The topological polar surface area (TPSA) is 122 Å².